The summed E-state index contributed by atoms with van der Waals surface area (Å²) >= 11 is 5.63. The highest BCUT2D eigenvalue weighted by atomic mass is 35.5. The van der Waals surface area contributed by atoms with Gasteiger partial charge in [-0.15, -0.1) is 0 Å². The standard InChI is InChI=1S/C13H10ClN3O4/c1-21-11-4-3-9(6-10(11)17(19)20)16-13(18)8-2-5-12(14)15-7-8/h2-7H,1H3,(H,16,18). The summed E-state index contributed by atoms with van der Waals surface area (Å²) in [5, 5.41) is 13.7. The lowest BCUT2D eigenvalue weighted by Crippen LogP contribution is -2.12. The number of hydrogen-bond donors (Lipinski definition) is 1. The molecule has 1 N–H and O–H groups in total. The van der Waals surface area contributed by atoms with E-state index in [9.17, 15) is 14.9 Å². The number of ether oxygens (including phenoxy) is 1. The Hall–Kier alpha value is -2.67. The number of hydrogen-bond acceptors (Lipinski definition) is 5. The van der Waals surface area contributed by atoms with Crippen LogP contribution in [0.15, 0.2) is 36.5 Å². The molecular weight excluding hydrogens is 298 g/mol. The van der Waals surface area contributed by atoms with Crippen LogP contribution in [0.1, 0.15) is 10.4 Å². The van der Waals surface area contributed by atoms with Gasteiger partial charge in [-0.25, -0.2) is 4.98 Å². The lowest BCUT2D eigenvalue weighted by Gasteiger charge is -2.07. The van der Waals surface area contributed by atoms with E-state index in [1.807, 2.05) is 0 Å². The van der Waals surface area contributed by atoms with E-state index in [2.05, 4.69) is 10.3 Å². The first kappa shape index (κ1) is 14.7. The number of methoxy groups -OCH3 is 1. The Labute approximate surface area is 124 Å². The van der Waals surface area contributed by atoms with Crippen LogP contribution in [-0.4, -0.2) is 22.9 Å². The van der Waals surface area contributed by atoms with Crippen LogP contribution in [0.4, 0.5) is 11.4 Å². The molecule has 1 aromatic heterocycles. The number of carbonyl (C=O) groups excluding carboxylic acids is 1. The normalized spacial score (nSPS) is 10.0. The average Bonchev–Trinajstić information content (AvgIpc) is 2.47. The molecule has 0 aliphatic rings. The van der Waals surface area contributed by atoms with Crippen molar-refractivity contribution in [3.05, 3.63) is 57.4 Å². The molecule has 8 heteroatoms. The summed E-state index contributed by atoms with van der Waals surface area (Å²) in [5.41, 5.74) is 0.338. The van der Waals surface area contributed by atoms with Gasteiger partial charge < -0.3 is 10.1 Å². The van der Waals surface area contributed by atoms with Gasteiger partial charge in [0.2, 0.25) is 0 Å². The van der Waals surface area contributed by atoms with Gasteiger partial charge in [0.25, 0.3) is 5.91 Å². The molecule has 0 saturated heterocycles. The molecule has 2 aromatic rings. The van der Waals surface area contributed by atoms with Crippen molar-refractivity contribution in [2.24, 2.45) is 0 Å². The highest BCUT2D eigenvalue weighted by molar-refractivity contribution is 6.29. The Morgan fingerprint density at radius 1 is 1.38 bits per heavy atom. The van der Waals surface area contributed by atoms with Crippen LogP contribution in [-0.2, 0) is 0 Å². The van der Waals surface area contributed by atoms with Gasteiger partial charge in [0, 0.05) is 18.0 Å². The second-order valence-electron chi connectivity index (χ2n) is 3.97. The van der Waals surface area contributed by atoms with E-state index < -0.39 is 10.8 Å². The van der Waals surface area contributed by atoms with Crippen LogP contribution < -0.4 is 10.1 Å². The van der Waals surface area contributed by atoms with Gasteiger partial charge >= 0.3 is 5.69 Å². The van der Waals surface area contributed by atoms with Crippen LogP contribution in [0.2, 0.25) is 5.15 Å². The molecule has 1 amide bonds. The summed E-state index contributed by atoms with van der Waals surface area (Å²) in [7, 11) is 1.33. The van der Waals surface area contributed by atoms with Crippen molar-refractivity contribution in [3.8, 4) is 5.75 Å². The quantitative estimate of drug-likeness (QED) is 0.532. The number of nitro benzene ring substituents is 1. The highest BCUT2D eigenvalue weighted by Gasteiger charge is 2.16. The van der Waals surface area contributed by atoms with E-state index in [0.717, 1.165) is 0 Å². The minimum Gasteiger partial charge on any atom is -0.490 e. The Kier molecular flexibility index (Phi) is 4.34. The molecule has 21 heavy (non-hydrogen) atoms. The Morgan fingerprint density at radius 3 is 2.71 bits per heavy atom. The average molecular weight is 308 g/mol. The van der Waals surface area contributed by atoms with Crippen LogP contribution >= 0.6 is 11.6 Å². The zero-order chi connectivity index (χ0) is 15.4. The topological polar surface area (TPSA) is 94.4 Å². The lowest BCUT2D eigenvalue weighted by atomic mass is 10.2. The molecule has 0 aliphatic carbocycles. The molecular formula is C13H10ClN3O4. The van der Waals surface area contributed by atoms with E-state index >= 15 is 0 Å². The first-order valence-electron chi connectivity index (χ1n) is 5.76. The monoisotopic (exact) mass is 307 g/mol. The molecule has 0 bridgehead atoms. The molecule has 0 saturated carbocycles. The molecule has 0 radical (unpaired) electrons. The summed E-state index contributed by atoms with van der Waals surface area (Å²) in [6.07, 6.45) is 1.32. The van der Waals surface area contributed by atoms with E-state index in [4.69, 9.17) is 16.3 Å². The molecule has 2 rings (SSSR count). The van der Waals surface area contributed by atoms with Gasteiger partial charge in [0.15, 0.2) is 5.75 Å². The third-order valence-corrected chi connectivity index (χ3v) is 2.85. The van der Waals surface area contributed by atoms with E-state index in [1.54, 1.807) is 0 Å². The number of anilines is 1. The predicted molar refractivity (Wildman–Crippen MR) is 76.8 cm³/mol. The smallest absolute Gasteiger partial charge is 0.312 e. The third kappa shape index (κ3) is 3.46. The van der Waals surface area contributed by atoms with Crippen molar-refractivity contribution in [1.29, 1.82) is 0 Å². The van der Waals surface area contributed by atoms with E-state index in [1.165, 1.54) is 43.6 Å². The van der Waals surface area contributed by atoms with Crippen molar-refractivity contribution in [1.82, 2.24) is 4.98 Å². The molecule has 0 aliphatic heterocycles. The Balaban J connectivity index is 2.23. The maximum Gasteiger partial charge on any atom is 0.312 e. The van der Waals surface area contributed by atoms with Crippen molar-refractivity contribution >= 4 is 28.9 Å². The predicted octanol–water partition coefficient (Wildman–Crippen LogP) is 2.90. The number of nitrogens with zero attached hydrogens (tertiary/aromatic N) is 2. The van der Waals surface area contributed by atoms with E-state index in [0.29, 0.717) is 0 Å². The number of amides is 1. The van der Waals surface area contributed by atoms with Crippen molar-refractivity contribution in [2.75, 3.05) is 12.4 Å². The Bertz CT molecular complexity index is 688. The fourth-order valence-corrected chi connectivity index (χ4v) is 1.74. The zero-order valence-corrected chi connectivity index (χ0v) is 11.6. The lowest BCUT2D eigenvalue weighted by molar-refractivity contribution is -0.385. The first-order chi connectivity index (χ1) is 10.0. The zero-order valence-electron chi connectivity index (χ0n) is 10.9. The number of aromatic nitrogens is 1. The molecule has 0 unspecified atom stereocenters. The molecule has 0 fully saturated rings. The van der Waals surface area contributed by atoms with Crippen molar-refractivity contribution < 1.29 is 14.5 Å². The molecule has 7 nitrogen and oxygen atoms in total. The first-order valence-corrected chi connectivity index (χ1v) is 6.14. The van der Waals surface area contributed by atoms with Gasteiger partial charge in [-0.05, 0) is 24.3 Å². The van der Waals surface area contributed by atoms with Gasteiger partial charge in [0.05, 0.1) is 17.6 Å². The maximum atomic E-state index is 12.0. The summed E-state index contributed by atoms with van der Waals surface area (Å²) in [5.74, 6) is -0.329. The number of carbonyl (C=O) groups is 1. The summed E-state index contributed by atoms with van der Waals surface area (Å²) in [6.45, 7) is 0. The number of pyridine rings is 1. The number of nitrogens with one attached hydrogen (secondary N) is 1. The second kappa shape index (κ2) is 6.19. The van der Waals surface area contributed by atoms with Crippen molar-refractivity contribution in [3.63, 3.8) is 0 Å². The minimum atomic E-state index is -0.585. The number of rotatable bonds is 4. The summed E-state index contributed by atoms with van der Waals surface area (Å²) in [6, 6.07) is 7.12. The van der Waals surface area contributed by atoms with Crippen LogP contribution in [0.5, 0.6) is 5.75 Å². The SMILES string of the molecule is COc1ccc(NC(=O)c2ccc(Cl)nc2)cc1[N+](=O)[O-]. The largest absolute Gasteiger partial charge is 0.490 e. The highest BCUT2D eigenvalue weighted by Crippen LogP contribution is 2.29. The van der Waals surface area contributed by atoms with Gasteiger partial charge in [-0.3, -0.25) is 14.9 Å². The molecule has 1 heterocycles. The van der Waals surface area contributed by atoms with Gasteiger partial charge in [0.1, 0.15) is 5.15 Å². The maximum absolute atomic E-state index is 12.0. The molecule has 1 aromatic carbocycles. The second-order valence-corrected chi connectivity index (χ2v) is 4.35. The van der Waals surface area contributed by atoms with Crippen LogP contribution in [0.25, 0.3) is 0 Å². The number of nitro groups is 1. The fourth-order valence-electron chi connectivity index (χ4n) is 1.62. The minimum absolute atomic E-state index is 0.117. The summed E-state index contributed by atoms with van der Waals surface area (Å²) < 4.78 is 4.89. The number of halogens is 1. The fraction of sp³-hybridized carbons (Fsp3) is 0.0769. The molecule has 108 valence electrons. The van der Waals surface area contributed by atoms with Crippen LogP contribution in [0.3, 0.4) is 0 Å². The number of benzene rings is 1. The Morgan fingerprint density at radius 2 is 2.14 bits per heavy atom. The van der Waals surface area contributed by atoms with Gasteiger partial charge in [-0.1, -0.05) is 11.6 Å². The van der Waals surface area contributed by atoms with E-state index in [-0.39, 0.29) is 27.8 Å². The summed E-state index contributed by atoms with van der Waals surface area (Å²) in [4.78, 5) is 26.1. The van der Waals surface area contributed by atoms with Gasteiger partial charge in [-0.2, -0.15) is 0 Å². The van der Waals surface area contributed by atoms with Crippen molar-refractivity contribution in [2.45, 2.75) is 0 Å². The molecule has 0 atom stereocenters. The van der Waals surface area contributed by atoms with Crippen LogP contribution in [0, 0.1) is 10.1 Å². The molecule has 0 spiro atoms. The third-order valence-electron chi connectivity index (χ3n) is 2.62.